The number of nitrogens with one attached hydrogen (secondary N) is 1. The van der Waals surface area contributed by atoms with Crippen molar-refractivity contribution < 1.29 is 13.2 Å². The molecular weight excluding hydrogens is 214 g/mol. The van der Waals surface area contributed by atoms with Crippen LogP contribution in [-0.2, 0) is 14.6 Å². The molecule has 2 fully saturated rings. The maximum absolute atomic E-state index is 11.3. The fraction of sp³-hybridized carbons (Fsp3) is 1.00. The van der Waals surface area contributed by atoms with Crippen LogP contribution < -0.4 is 5.32 Å². The second kappa shape index (κ2) is 3.71. The zero-order chi connectivity index (χ0) is 11.1. The second-order valence-corrected chi connectivity index (χ2v) is 7.56. The van der Waals surface area contributed by atoms with Crippen molar-refractivity contribution in [3.8, 4) is 0 Å². The van der Waals surface area contributed by atoms with E-state index in [2.05, 4.69) is 19.2 Å². The van der Waals surface area contributed by atoms with Crippen LogP contribution in [0, 0.1) is 5.92 Å². The summed E-state index contributed by atoms with van der Waals surface area (Å²) in [6.07, 6.45) is 1.66. The van der Waals surface area contributed by atoms with Gasteiger partial charge in [0.25, 0.3) is 0 Å². The summed E-state index contributed by atoms with van der Waals surface area (Å²) in [5, 5.41) is 3.37. The van der Waals surface area contributed by atoms with Gasteiger partial charge in [0, 0.05) is 5.54 Å². The lowest BCUT2D eigenvalue weighted by molar-refractivity contribution is 0.0806. The predicted molar refractivity (Wildman–Crippen MR) is 58.3 cm³/mol. The van der Waals surface area contributed by atoms with E-state index in [1.807, 2.05) is 0 Å². The van der Waals surface area contributed by atoms with E-state index in [9.17, 15) is 8.42 Å². The average Bonchev–Trinajstić information content (AvgIpc) is 2.56. The third-order valence-electron chi connectivity index (χ3n) is 3.07. The van der Waals surface area contributed by atoms with Gasteiger partial charge in [-0.25, -0.2) is 8.42 Å². The monoisotopic (exact) mass is 233 g/mol. The molecule has 88 valence electrons. The topological polar surface area (TPSA) is 55.4 Å². The molecule has 0 aromatic heterocycles. The first kappa shape index (κ1) is 11.4. The Hall–Kier alpha value is -0.130. The highest BCUT2D eigenvalue weighted by atomic mass is 32.2. The Labute approximate surface area is 91.3 Å². The summed E-state index contributed by atoms with van der Waals surface area (Å²) in [5.74, 6) is 0.976. The van der Waals surface area contributed by atoms with Gasteiger partial charge in [-0.1, -0.05) is 0 Å². The molecule has 0 bridgehead atoms. The largest absolute Gasteiger partial charge is 0.361 e. The van der Waals surface area contributed by atoms with Crippen LogP contribution >= 0.6 is 0 Å². The summed E-state index contributed by atoms with van der Waals surface area (Å²) in [4.78, 5) is 0. The highest BCUT2D eigenvalue weighted by Crippen LogP contribution is 2.26. The summed E-state index contributed by atoms with van der Waals surface area (Å²) < 4.78 is 28.2. The van der Waals surface area contributed by atoms with E-state index >= 15 is 0 Å². The van der Waals surface area contributed by atoms with Gasteiger partial charge in [-0.05, 0) is 32.6 Å². The highest BCUT2D eigenvalue weighted by molar-refractivity contribution is 7.91. The molecule has 0 amide bonds. The standard InChI is InChI=1S/C10H19NO3S/c1-10(2)7-14-9(11-10)5-8-3-4-15(12,13)6-8/h8-9,11H,3-7H2,1-2H3. The number of ether oxygens (including phenoxy) is 1. The molecule has 5 heteroatoms. The van der Waals surface area contributed by atoms with Crippen molar-refractivity contribution in [2.24, 2.45) is 5.92 Å². The van der Waals surface area contributed by atoms with Crippen LogP contribution in [0.25, 0.3) is 0 Å². The summed E-state index contributed by atoms with van der Waals surface area (Å²) in [5.41, 5.74) is 0.0299. The zero-order valence-corrected chi connectivity index (χ0v) is 10.1. The van der Waals surface area contributed by atoms with Crippen LogP contribution in [0.5, 0.6) is 0 Å². The summed E-state index contributed by atoms with van der Waals surface area (Å²) in [6, 6.07) is 0. The van der Waals surface area contributed by atoms with E-state index in [1.165, 1.54) is 0 Å². The van der Waals surface area contributed by atoms with Crippen molar-refractivity contribution in [1.29, 1.82) is 0 Å². The molecule has 2 aliphatic heterocycles. The molecule has 2 heterocycles. The number of sulfone groups is 1. The number of rotatable bonds is 2. The molecule has 0 aromatic carbocycles. The van der Waals surface area contributed by atoms with Crippen molar-refractivity contribution in [3.63, 3.8) is 0 Å². The van der Waals surface area contributed by atoms with Crippen molar-refractivity contribution in [2.45, 2.75) is 38.5 Å². The average molecular weight is 233 g/mol. The van der Waals surface area contributed by atoms with Gasteiger partial charge in [0.05, 0.1) is 18.1 Å². The van der Waals surface area contributed by atoms with Gasteiger partial charge >= 0.3 is 0 Å². The first-order valence-corrected chi connectivity index (χ1v) is 7.28. The van der Waals surface area contributed by atoms with E-state index in [1.54, 1.807) is 0 Å². The van der Waals surface area contributed by atoms with E-state index < -0.39 is 9.84 Å². The van der Waals surface area contributed by atoms with Gasteiger partial charge in [0.1, 0.15) is 6.23 Å². The second-order valence-electron chi connectivity index (χ2n) is 5.33. The van der Waals surface area contributed by atoms with E-state index in [-0.39, 0.29) is 17.7 Å². The lowest BCUT2D eigenvalue weighted by atomic mass is 10.0. The lowest BCUT2D eigenvalue weighted by Crippen LogP contribution is -2.39. The van der Waals surface area contributed by atoms with Crippen molar-refractivity contribution in [2.75, 3.05) is 18.1 Å². The quantitative estimate of drug-likeness (QED) is 0.756. The van der Waals surface area contributed by atoms with Gasteiger partial charge in [-0.2, -0.15) is 0 Å². The summed E-state index contributed by atoms with van der Waals surface area (Å²) >= 11 is 0. The van der Waals surface area contributed by atoms with Crippen LogP contribution in [0.3, 0.4) is 0 Å². The van der Waals surface area contributed by atoms with Crippen LogP contribution in [0.15, 0.2) is 0 Å². The molecule has 2 aliphatic rings. The summed E-state index contributed by atoms with van der Waals surface area (Å²) in [7, 11) is -2.75. The van der Waals surface area contributed by atoms with E-state index in [0.717, 1.165) is 12.8 Å². The predicted octanol–water partition coefficient (Wildman–Crippen LogP) is 0.536. The summed E-state index contributed by atoms with van der Waals surface area (Å²) in [6.45, 7) is 4.90. The van der Waals surface area contributed by atoms with Crippen molar-refractivity contribution in [3.05, 3.63) is 0 Å². The molecule has 2 saturated heterocycles. The third kappa shape index (κ3) is 2.92. The van der Waals surface area contributed by atoms with Crippen LogP contribution in [0.4, 0.5) is 0 Å². The highest BCUT2D eigenvalue weighted by Gasteiger charge is 2.35. The fourth-order valence-electron chi connectivity index (χ4n) is 2.32. The maximum atomic E-state index is 11.3. The molecule has 2 unspecified atom stereocenters. The molecule has 0 aromatic rings. The Morgan fingerprint density at radius 3 is 2.67 bits per heavy atom. The fourth-order valence-corrected chi connectivity index (χ4v) is 4.20. The van der Waals surface area contributed by atoms with Crippen LogP contribution in [0.2, 0.25) is 0 Å². The minimum absolute atomic E-state index is 0.0299. The van der Waals surface area contributed by atoms with Gasteiger partial charge in [0.15, 0.2) is 9.84 Å². The molecular formula is C10H19NO3S. The smallest absolute Gasteiger partial charge is 0.150 e. The van der Waals surface area contributed by atoms with Crippen LogP contribution in [-0.4, -0.2) is 38.3 Å². The maximum Gasteiger partial charge on any atom is 0.150 e. The van der Waals surface area contributed by atoms with E-state index in [0.29, 0.717) is 18.1 Å². The Bertz CT molecular complexity index is 337. The minimum atomic E-state index is -2.75. The number of hydrogen-bond donors (Lipinski definition) is 1. The first-order chi connectivity index (χ1) is 6.86. The van der Waals surface area contributed by atoms with Gasteiger partial charge < -0.3 is 4.74 Å². The number of hydrogen-bond acceptors (Lipinski definition) is 4. The normalized spacial score (nSPS) is 38.3. The van der Waals surface area contributed by atoms with Gasteiger partial charge in [0.2, 0.25) is 0 Å². The molecule has 0 aliphatic carbocycles. The molecule has 2 rings (SSSR count). The molecule has 4 nitrogen and oxygen atoms in total. The SMILES string of the molecule is CC1(C)COC(CC2CCS(=O)(=O)C2)N1. The Morgan fingerprint density at radius 2 is 2.20 bits per heavy atom. The minimum Gasteiger partial charge on any atom is -0.361 e. The van der Waals surface area contributed by atoms with Crippen LogP contribution in [0.1, 0.15) is 26.7 Å². The molecule has 0 spiro atoms. The van der Waals surface area contributed by atoms with Gasteiger partial charge in [-0.3, -0.25) is 5.32 Å². The van der Waals surface area contributed by atoms with Crippen molar-refractivity contribution >= 4 is 9.84 Å². The third-order valence-corrected chi connectivity index (χ3v) is 4.91. The Balaban J connectivity index is 1.85. The Morgan fingerprint density at radius 1 is 1.47 bits per heavy atom. The molecule has 1 N–H and O–H groups in total. The molecule has 15 heavy (non-hydrogen) atoms. The Kier molecular flexibility index (Phi) is 2.81. The van der Waals surface area contributed by atoms with Crippen molar-refractivity contribution in [1.82, 2.24) is 5.32 Å². The lowest BCUT2D eigenvalue weighted by Gasteiger charge is -2.18. The molecule has 2 atom stereocenters. The molecule has 0 saturated carbocycles. The first-order valence-electron chi connectivity index (χ1n) is 5.46. The zero-order valence-electron chi connectivity index (χ0n) is 9.32. The van der Waals surface area contributed by atoms with Gasteiger partial charge in [-0.15, -0.1) is 0 Å². The molecule has 0 radical (unpaired) electrons. The van der Waals surface area contributed by atoms with E-state index in [4.69, 9.17) is 4.74 Å².